The maximum absolute atomic E-state index is 12.6. The molecule has 0 aliphatic rings. The van der Waals surface area contributed by atoms with E-state index in [2.05, 4.69) is 10.0 Å². The predicted octanol–water partition coefficient (Wildman–Crippen LogP) is 5.36. The number of hydrogen-bond donors (Lipinski definition) is 2. The lowest BCUT2D eigenvalue weighted by Crippen LogP contribution is -2.15. The van der Waals surface area contributed by atoms with E-state index >= 15 is 0 Å². The van der Waals surface area contributed by atoms with Gasteiger partial charge in [0.15, 0.2) is 0 Å². The highest BCUT2D eigenvalue weighted by Crippen LogP contribution is 2.28. The summed E-state index contributed by atoms with van der Waals surface area (Å²) >= 11 is 11.9. The highest BCUT2D eigenvalue weighted by molar-refractivity contribution is 7.92. The van der Waals surface area contributed by atoms with Gasteiger partial charge in [-0.15, -0.1) is 0 Å². The van der Waals surface area contributed by atoms with Crippen LogP contribution in [0.25, 0.3) is 0 Å². The van der Waals surface area contributed by atoms with Crippen LogP contribution in [0.5, 0.6) is 5.75 Å². The van der Waals surface area contributed by atoms with Crippen molar-refractivity contribution in [2.75, 3.05) is 17.1 Å². The molecule has 0 saturated heterocycles. The van der Waals surface area contributed by atoms with Crippen molar-refractivity contribution in [1.82, 2.24) is 0 Å². The third-order valence-electron chi connectivity index (χ3n) is 4.19. The first kappa shape index (κ1) is 22.0. The molecular formula is C21H18Cl2N2O4S. The van der Waals surface area contributed by atoms with Gasteiger partial charge in [-0.05, 0) is 67.1 Å². The van der Waals surface area contributed by atoms with E-state index in [1.54, 1.807) is 12.1 Å². The minimum atomic E-state index is -3.95. The van der Waals surface area contributed by atoms with Crippen molar-refractivity contribution in [2.24, 2.45) is 0 Å². The zero-order valence-electron chi connectivity index (χ0n) is 16.1. The Labute approximate surface area is 184 Å². The van der Waals surface area contributed by atoms with Crippen LogP contribution in [0, 0.1) is 6.92 Å². The quantitative estimate of drug-likeness (QED) is 0.513. The molecule has 6 nitrogen and oxygen atoms in total. The van der Waals surface area contributed by atoms with Crippen LogP contribution in [0.4, 0.5) is 11.4 Å². The average Bonchev–Trinajstić information content (AvgIpc) is 2.70. The first-order valence-corrected chi connectivity index (χ1v) is 11.0. The number of carbonyl (C=O) groups is 1. The van der Waals surface area contributed by atoms with Crippen molar-refractivity contribution in [3.8, 4) is 5.75 Å². The van der Waals surface area contributed by atoms with E-state index in [1.165, 1.54) is 49.6 Å². The molecule has 0 saturated carbocycles. The van der Waals surface area contributed by atoms with Gasteiger partial charge in [0.25, 0.3) is 15.9 Å². The van der Waals surface area contributed by atoms with Gasteiger partial charge in [-0.25, -0.2) is 8.42 Å². The number of hydrogen-bond acceptors (Lipinski definition) is 4. The van der Waals surface area contributed by atoms with Crippen LogP contribution in [0.15, 0.2) is 65.6 Å². The van der Waals surface area contributed by atoms with Crippen LogP contribution in [-0.2, 0) is 10.0 Å². The van der Waals surface area contributed by atoms with Crippen molar-refractivity contribution in [3.63, 3.8) is 0 Å². The summed E-state index contributed by atoms with van der Waals surface area (Å²) in [7, 11) is -2.42. The molecule has 0 fully saturated rings. The summed E-state index contributed by atoms with van der Waals surface area (Å²) in [6, 6.07) is 15.6. The summed E-state index contributed by atoms with van der Waals surface area (Å²) in [6.45, 7) is 1.90. The second-order valence-electron chi connectivity index (χ2n) is 6.42. The van der Waals surface area contributed by atoms with E-state index in [4.69, 9.17) is 27.9 Å². The van der Waals surface area contributed by atoms with Crippen molar-refractivity contribution in [1.29, 1.82) is 0 Å². The van der Waals surface area contributed by atoms with Crippen molar-refractivity contribution >= 4 is 50.5 Å². The maximum Gasteiger partial charge on any atom is 0.263 e. The van der Waals surface area contributed by atoms with Gasteiger partial charge in [0.2, 0.25) is 0 Å². The lowest BCUT2D eigenvalue weighted by Gasteiger charge is -2.12. The second kappa shape index (κ2) is 8.95. The van der Waals surface area contributed by atoms with Gasteiger partial charge < -0.3 is 10.1 Å². The number of carbonyl (C=O) groups excluding carboxylic acids is 1. The summed E-state index contributed by atoms with van der Waals surface area (Å²) in [5.41, 5.74) is 2.14. The monoisotopic (exact) mass is 464 g/mol. The number of methoxy groups -OCH3 is 1. The molecule has 0 unspecified atom stereocenters. The third-order valence-corrected chi connectivity index (χ3v) is 6.28. The number of amides is 1. The zero-order chi connectivity index (χ0) is 21.9. The Morgan fingerprint density at radius 2 is 1.67 bits per heavy atom. The van der Waals surface area contributed by atoms with Crippen LogP contribution in [0.3, 0.4) is 0 Å². The average molecular weight is 465 g/mol. The van der Waals surface area contributed by atoms with Crippen molar-refractivity contribution < 1.29 is 17.9 Å². The van der Waals surface area contributed by atoms with Crippen molar-refractivity contribution in [2.45, 2.75) is 11.8 Å². The molecule has 1 amide bonds. The first-order chi connectivity index (χ1) is 14.2. The van der Waals surface area contributed by atoms with Gasteiger partial charge >= 0.3 is 0 Å². The molecule has 0 aliphatic carbocycles. The molecule has 0 aliphatic heterocycles. The summed E-state index contributed by atoms with van der Waals surface area (Å²) in [4.78, 5) is 12.4. The molecule has 0 radical (unpaired) electrons. The molecule has 3 aromatic carbocycles. The van der Waals surface area contributed by atoms with Gasteiger partial charge in [-0.3, -0.25) is 9.52 Å². The highest BCUT2D eigenvalue weighted by Gasteiger charge is 2.19. The number of benzene rings is 3. The number of halogens is 2. The van der Waals surface area contributed by atoms with E-state index in [1.807, 2.05) is 13.0 Å². The summed E-state index contributed by atoms with van der Waals surface area (Å²) in [5.74, 6) is 0.183. The van der Waals surface area contributed by atoms with Gasteiger partial charge in [-0.2, -0.15) is 0 Å². The molecule has 0 bridgehead atoms. The second-order valence-corrected chi connectivity index (χ2v) is 8.91. The predicted molar refractivity (Wildman–Crippen MR) is 119 cm³/mol. The Hall–Kier alpha value is -2.74. The number of ether oxygens (including phenoxy) is 1. The Morgan fingerprint density at radius 1 is 0.967 bits per heavy atom. The Kier molecular flexibility index (Phi) is 6.55. The number of rotatable bonds is 6. The highest BCUT2D eigenvalue weighted by atomic mass is 35.5. The van der Waals surface area contributed by atoms with Crippen LogP contribution in [0.2, 0.25) is 10.0 Å². The fourth-order valence-electron chi connectivity index (χ4n) is 2.70. The molecule has 0 spiro atoms. The minimum Gasteiger partial charge on any atom is -0.495 e. The maximum atomic E-state index is 12.6. The standard InChI is InChI=1S/C21H18Cl2N2O4S/c1-13-3-10-19(29-2)18(11-13)24-21(26)14-4-7-16(8-5-14)25-30(27,28)20-12-15(22)6-9-17(20)23/h3-12,25H,1-2H3,(H,24,26). The lowest BCUT2D eigenvalue weighted by atomic mass is 10.1. The van der Waals surface area contributed by atoms with Gasteiger partial charge in [0.1, 0.15) is 10.6 Å². The van der Waals surface area contributed by atoms with Crippen LogP contribution < -0.4 is 14.8 Å². The smallest absolute Gasteiger partial charge is 0.263 e. The lowest BCUT2D eigenvalue weighted by molar-refractivity contribution is 0.102. The van der Waals surface area contributed by atoms with E-state index in [-0.39, 0.29) is 26.5 Å². The normalized spacial score (nSPS) is 11.1. The molecule has 3 aromatic rings. The molecule has 30 heavy (non-hydrogen) atoms. The SMILES string of the molecule is COc1ccc(C)cc1NC(=O)c1ccc(NS(=O)(=O)c2cc(Cl)ccc2Cl)cc1. The van der Waals surface area contributed by atoms with Crippen molar-refractivity contribution in [3.05, 3.63) is 81.8 Å². The Morgan fingerprint density at radius 3 is 2.33 bits per heavy atom. The van der Waals surface area contributed by atoms with Gasteiger partial charge in [0.05, 0.1) is 17.8 Å². The zero-order valence-corrected chi connectivity index (χ0v) is 18.4. The van der Waals surface area contributed by atoms with E-state index < -0.39 is 10.0 Å². The molecular weight excluding hydrogens is 447 g/mol. The number of nitrogens with one attached hydrogen (secondary N) is 2. The van der Waals surface area contributed by atoms with Gasteiger partial charge in [0, 0.05) is 16.3 Å². The number of aryl methyl sites for hydroxylation is 1. The molecule has 0 heterocycles. The fourth-order valence-corrected chi connectivity index (χ4v) is 4.52. The summed E-state index contributed by atoms with van der Waals surface area (Å²) in [5, 5.41) is 3.09. The number of sulfonamides is 1. The Bertz CT molecular complexity index is 1200. The van der Waals surface area contributed by atoms with Crippen LogP contribution >= 0.6 is 23.2 Å². The fraction of sp³-hybridized carbons (Fsp3) is 0.0952. The van der Waals surface area contributed by atoms with Gasteiger partial charge in [-0.1, -0.05) is 29.3 Å². The molecule has 9 heteroatoms. The topological polar surface area (TPSA) is 84.5 Å². The van der Waals surface area contributed by atoms with Crippen LogP contribution in [-0.4, -0.2) is 21.4 Å². The number of anilines is 2. The molecule has 156 valence electrons. The molecule has 0 atom stereocenters. The third kappa shape index (κ3) is 5.05. The van der Waals surface area contributed by atoms with E-state index in [9.17, 15) is 13.2 Å². The molecule has 0 aromatic heterocycles. The summed E-state index contributed by atoms with van der Waals surface area (Å²) in [6.07, 6.45) is 0. The largest absolute Gasteiger partial charge is 0.495 e. The molecule has 3 rings (SSSR count). The molecule has 2 N–H and O–H groups in total. The van der Waals surface area contributed by atoms with E-state index in [0.29, 0.717) is 17.0 Å². The van der Waals surface area contributed by atoms with E-state index in [0.717, 1.165) is 5.56 Å². The Balaban J connectivity index is 1.77. The first-order valence-electron chi connectivity index (χ1n) is 8.73. The summed E-state index contributed by atoms with van der Waals surface area (Å²) < 4.78 is 32.9. The van der Waals surface area contributed by atoms with Crippen LogP contribution in [0.1, 0.15) is 15.9 Å². The minimum absolute atomic E-state index is 0.0509.